The van der Waals surface area contributed by atoms with E-state index in [0.717, 1.165) is 5.56 Å². The smallest absolute Gasteiger partial charge is 0.259 e. The number of nitrogens with one attached hydrogen (secondary N) is 1. The Bertz CT molecular complexity index is 1250. The van der Waals surface area contributed by atoms with Gasteiger partial charge in [-0.1, -0.05) is 54.1 Å². The second-order valence-electron chi connectivity index (χ2n) is 6.65. The summed E-state index contributed by atoms with van der Waals surface area (Å²) in [4.78, 5) is 26.3. The number of benzene rings is 2. The Morgan fingerprint density at radius 3 is 2.45 bits per heavy atom. The Hall–Kier alpha value is -3.57. The molecule has 144 valence electrons. The van der Waals surface area contributed by atoms with Crippen molar-refractivity contribution in [3.63, 3.8) is 0 Å². The molecule has 4 aromatic rings. The molecule has 2 aromatic carbocycles. The van der Waals surface area contributed by atoms with Crippen molar-refractivity contribution in [2.24, 2.45) is 0 Å². The molecular formula is C23H18ClN3O2. The summed E-state index contributed by atoms with van der Waals surface area (Å²) in [6.45, 7) is 1.82. The number of rotatable bonds is 4. The highest BCUT2D eigenvalue weighted by Gasteiger charge is 2.26. The molecule has 0 unspecified atom stereocenters. The van der Waals surface area contributed by atoms with Crippen molar-refractivity contribution in [3.8, 4) is 0 Å². The number of ketones is 1. The molecule has 0 saturated heterocycles. The van der Waals surface area contributed by atoms with Crippen LogP contribution in [0.1, 0.15) is 32.0 Å². The molecule has 29 heavy (non-hydrogen) atoms. The number of fused-ring (bicyclic) bond motifs is 1. The van der Waals surface area contributed by atoms with Gasteiger partial charge in [0.05, 0.1) is 16.8 Å². The highest BCUT2D eigenvalue weighted by Crippen LogP contribution is 2.30. The molecule has 0 aliphatic rings. The van der Waals surface area contributed by atoms with E-state index < -0.39 is 5.91 Å². The summed E-state index contributed by atoms with van der Waals surface area (Å²) in [6, 6.07) is 19.5. The zero-order valence-corrected chi connectivity index (χ0v) is 16.4. The summed E-state index contributed by atoms with van der Waals surface area (Å²) >= 11 is 6.16. The number of nitrogen functional groups attached to an aromatic ring is 1. The Morgan fingerprint density at radius 1 is 0.966 bits per heavy atom. The Labute approximate surface area is 172 Å². The number of aromatic nitrogens is 1. The minimum atomic E-state index is -0.399. The first-order valence-corrected chi connectivity index (χ1v) is 9.41. The number of carbonyl (C=O) groups is 2. The number of pyridine rings is 1. The van der Waals surface area contributed by atoms with E-state index in [4.69, 9.17) is 17.3 Å². The predicted octanol–water partition coefficient (Wildman–Crippen LogP) is 4.97. The van der Waals surface area contributed by atoms with E-state index >= 15 is 0 Å². The average Bonchev–Trinajstić information content (AvgIpc) is 3.03. The fourth-order valence-corrected chi connectivity index (χ4v) is 3.53. The Kier molecular flexibility index (Phi) is 4.82. The monoisotopic (exact) mass is 403 g/mol. The van der Waals surface area contributed by atoms with Crippen LogP contribution < -0.4 is 11.1 Å². The summed E-state index contributed by atoms with van der Waals surface area (Å²) in [6.07, 6.45) is 1.73. The molecule has 0 fully saturated rings. The molecule has 0 spiro atoms. The summed E-state index contributed by atoms with van der Waals surface area (Å²) in [7, 11) is 0. The highest BCUT2D eigenvalue weighted by molar-refractivity contribution is 6.32. The molecule has 5 nitrogen and oxygen atoms in total. The van der Waals surface area contributed by atoms with Crippen LogP contribution >= 0.6 is 11.6 Å². The summed E-state index contributed by atoms with van der Waals surface area (Å²) in [5, 5.41) is 3.42. The second kappa shape index (κ2) is 7.45. The van der Waals surface area contributed by atoms with Gasteiger partial charge in [-0.25, -0.2) is 0 Å². The van der Waals surface area contributed by atoms with Crippen LogP contribution in [0.4, 0.5) is 11.4 Å². The van der Waals surface area contributed by atoms with Gasteiger partial charge in [0.25, 0.3) is 5.91 Å². The van der Waals surface area contributed by atoms with Gasteiger partial charge in [-0.3, -0.25) is 9.59 Å². The van der Waals surface area contributed by atoms with Crippen LogP contribution in [-0.2, 0) is 0 Å². The first-order valence-electron chi connectivity index (χ1n) is 9.03. The maximum atomic E-state index is 13.1. The zero-order chi connectivity index (χ0) is 20.5. The van der Waals surface area contributed by atoms with Crippen molar-refractivity contribution >= 4 is 40.2 Å². The topological polar surface area (TPSA) is 76.6 Å². The van der Waals surface area contributed by atoms with Gasteiger partial charge in [0.1, 0.15) is 5.69 Å². The quantitative estimate of drug-likeness (QED) is 0.472. The van der Waals surface area contributed by atoms with Crippen LogP contribution in [-0.4, -0.2) is 16.1 Å². The molecule has 2 heterocycles. The van der Waals surface area contributed by atoms with Crippen LogP contribution in [0.5, 0.6) is 0 Å². The first-order chi connectivity index (χ1) is 14.0. The molecule has 6 heteroatoms. The van der Waals surface area contributed by atoms with Crippen LogP contribution in [0.25, 0.3) is 5.52 Å². The Morgan fingerprint density at radius 2 is 1.69 bits per heavy atom. The predicted molar refractivity (Wildman–Crippen MR) is 116 cm³/mol. The van der Waals surface area contributed by atoms with E-state index in [1.54, 1.807) is 71.3 Å². The fourth-order valence-electron chi connectivity index (χ4n) is 3.35. The van der Waals surface area contributed by atoms with Gasteiger partial charge >= 0.3 is 0 Å². The number of nitrogens with two attached hydrogens (primary N) is 1. The van der Waals surface area contributed by atoms with Crippen molar-refractivity contribution in [1.82, 2.24) is 4.40 Å². The number of anilines is 2. The van der Waals surface area contributed by atoms with E-state index in [-0.39, 0.29) is 22.7 Å². The third-order valence-electron chi connectivity index (χ3n) is 4.88. The van der Waals surface area contributed by atoms with Crippen molar-refractivity contribution in [1.29, 1.82) is 0 Å². The SMILES string of the molecule is Cc1c(Cl)cccc1NC(=O)c1c(N)c(C(=O)c2ccccc2)n2ccccc12. The van der Waals surface area contributed by atoms with Gasteiger partial charge in [-0.05, 0) is 36.8 Å². The van der Waals surface area contributed by atoms with Gasteiger partial charge in [0, 0.05) is 22.5 Å². The van der Waals surface area contributed by atoms with Crippen molar-refractivity contribution in [3.05, 3.63) is 100 Å². The molecule has 0 bridgehead atoms. The largest absolute Gasteiger partial charge is 0.396 e. The molecule has 0 atom stereocenters. The molecular weight excluding hydrogens is 386 g/mol. The van der Waals surface area contributed by atoms with E-state index in [9.17, 15) is 9.59 Å². The third kappa shape index (κ3) is 3.26. The maximum Gasteiger partial charge on any atom is 0.259 e. The highest BCUT2D eigenvalue weighted by atomic mass is 35.5. The lowest BCUT2D eigenvalue weighted by Crippen LogP contribution is -2.15. The van der Waals surface area contributed by atoms with Crippen LogP contribution in [0.3, 0.4) is 0 Å². The molecule has 3 N–H and O–H groups in total. The molecule has 4 rings (SSSR count). The first kappa shape index (κ1) is 18.8. The van der Waals surface area contributed by atoms with Gasteiger partial charge in [-0.15, -0.1) is 0 Å². The normalized spacial score (nSPS) is 10.8. The van der Waals surface area contributed by atoms with Crippen LogP contribution in [0.15, 0.2) is 72.9 Å². The number of halogens is 1. The molecule has 0 aliphatic carbocycles. The van der Waals surface area contributed by atoms with Crippen molar-refractivity contribution in [2.75, 3.05) is 11.1 Å². The lowest BCUT2D eigenvalue weighted by atomic mass is 10.1. The minimum absolute atomic E-state index is 0.141. The van der Waals surface area contributed by atoms with Crippen molar-refractivity contribution in [2.45, 2.75) is 6.92 Å². The lowest BCUT2D eigenvalue weighted by molar-refractivity contribution is 0.102. The van der Waals surface area contributed by atoms with Gasteiger partial charge in [0.15, 0.2) is 0 Å². The zero-order valence-electron chi connectivity index (χ0n) is 15.6. The standard InChI is InChI=1S/C23H18ClN3O2/c1-14-16(24)10-7-11-17(14)26-23(29)19-18-12-5-6-13-27(18)21(20(19)25)22(28)15-8-3-2-4-9-15/h2-13H,25H2,1H3,(H,26,29). The number of amides is 1. The van der Waals surface area contributed by atoms with E-state index in [1.165, 1.54) is 0 Å². The summed E-state index contributed by atoms with van der Waals surface area (Å²) in [5.41, 5.74) is 9.41. The minimum Gasteiger partial charge on any atom is -0.396 e. The molecule has 1 amide bonds. The van der Waals surface area contributed by atoms with Gasteiger partial charge in [-0.2, -0.15) is 0 Å². The number of nitrogens with zero attached hydrogens (tertiary/aromatic N) is 1. The lowest BCUT2D eigenvalue weighted by Gasteiger charge is -2.09. The summed E-state index contributed by atoms with van der Waals surface area (Å²) < 4.78 is 1.66. The average molecular weight is 404 g/mol. The van der Waals surface area contributed by atoms with E-state index in [2.05, 4.69) is 5.32 Å². The second-order valence-corrected chi connectivity index (χ2v) is 7.06. The van der Waals surface area contributed by atoms with E-state index in [1.807, 2.05) is 13.0 Å². The van der Waals surface area contributed by atoms with Gasteiger partial charge < -0.3 is 15.5 Å². The van der Waals surface area contributed by atoms with Gasteiger partial charge in [0.2, 0.25) is 5.78 Å². The van der Waals surface area contributed by atoms with Crippen LogP contribution in [0, 0.1) is 6.92 Å². The number of hydrogen-bond acceptors (Lipinski definition) is 3. The Balaban J connectivity index is 1.83. The summed E-state index contributed by atoms with van der Waals surface area (Å²) in [5.74, 6) is -0.647. The van der Waals surface area contributed by atoms with Crippen LogP contribution in [0.2, 0.25) is 5.02 Å². The number of hydrogen-bond donors (Lipinski definition) is 2. The molecule has 2 aromatic heterocycles. The maximum absolute atomic E-state index is 13.1. The van der Waals surface area contributed by atoms with E-state index in [0.29, 0.717) is 21.8 Å². The van der Waals surface area contributed by atoms with Crippen molar-refractivity contribution < 1.29 is 9.59 Å². The molecule has 0 aliphatic heterocycles. The molecule has 0 radical (unpaired) electrons. The third-order valence-corrected chi connectivity index (χ3v) is 5.28. The number of carbonyl (C=O) groups excluding carboxylic acids is 2. The fraction of sp³-hybridized carbons (Fsp3) is 0.0435. The molecule has 0 saturated carbocycles.